The van der Waals surface area contributed by atoms with E-state index in [9.17, 15) is 9.90 Å². The Balaban J connectivity index is 0.00000208. The van der Waals surface area contributed by atoms with E-state index in [1.807, 2.05) is 41.6 Å². The number of primary amides is 1. The largest absolute Gasteiger partial charge is 0.394 e. The summed E-state index contributed by atoms with van der Waals surface area (Å²) in [6.45, 7) is 2.76. The Morgan fingerprint density at radius 2 is 2.17 bits per heavy atom. The van der Waals surface area contributed by atoms with Crippen LogP contribution in [0.2, 0.25) is 0 Å². The number of hydrogen-bond acceptors (Lipinski definition) is 5. The van der Waals surface area contributed by atoms with Crippen LogP contribution in [0, 0.1) is 6.92 Å². The first-order valence-electron chi connectivity index (χ1n) is 7.78. The van der Waals surface area contributed by atoms with E-state index in [2.05, 4.69) is 4.98 Å². The molecule has 3 rings (SSSR count). The van der Waals surface area contributed by atoms with Gasteiger partial charge in [-0.3, -0.25) is 9.69 Å². The molecule has 1 aromatic heterocycles. The molecule has 1 unspecified atom stereocenters. The van der Waals surface area contributed by atoms with Crippen LogP contribution in [0.25, 0.3) is 10.4 Å². The fourth-order valence-electron chi connectivity index (χ4n) is 3.30. The highest BCUT2D eigenvalue weighted by molar-refractivity contribution is 7.13. The smallest absolute Gasteiger partial charge is 0.234 e. The van der Waals surface area contributed by atoms with Gasteiger partial charge >= 0.3 is 0 Å². The fourth-order valence-corrected chi connectivity index (χ4v) is 4.12. The van der Waals surface area contributed by atoms with E-state index in [0.717, 1.165) is 41.1 Å². The van der Waals surface area contributed by atoms with Crippen LogP contribution >= 0.6 is 23.7 Å². The van der Waals surface area contributed by atoms with E-state index in [1.54, 1.807) is 11.3 Å². The third-order valence-electron chi connectivity index (χ3n) is 4.50. The number of likely N-dealkylation sites (tertiary alicyclic amines) is 1. The number of aryl methyl sites for hydroxylation is 1. The van der Waals surface area contributed by atoms with Gasteiger partial charge in [0.05, 0.1) is 34.8 Å². The van der Waals surface area contributed by atoms with Gasteiger partial charge in [-0.15, -0.1) is 23.7 Å². The van der Waals surface area contributed by atoms with Crippen LogP contribution in [0.3, 0.4) is 0 Å². The summed E-state index contributed by atoms with van der Waals surface area (Å²) in [4.78, 5) is 19.1. The number of rotatable bonds is 5. The average Bonchev–Trinajstić information content (AvgIpc) is 3.18. The lowest BCUT2D eigenvalue weighted by Gasteiger charge is -2.30. The molecule has 1 aliphatic rings. The minimum absolute atomic E-state index is 0. The van der Waals surface area contributed by atoms with Crippen molar-refractivity contribution in [3.05, 3.63) is 41.0 Å². The van der Waals surface area contributed by atoms with Gasteiger partial charge in [0.2, 0.25) is 5.91 Å². The predicted octanol–water partition coefficient (Wildman–Crippen LogP) is 2.52. The molecule has 0 radical (unpaired) electrons. The van der Waals surface area contributed by atoms with E-state index in [1.165, 1.54) is 0 Å². The van der Waals surface area contributed by atoms with Gasteiger partial charge in [0.15, 0.2) is 0 Å². The van der Waals surface area contributed by atoms with Crippen molar-refractivity contribution in [2.45, 2.75) is 31.8 Å². The van der Waals surface area contributed by atoms with Crippen LogP contribution in [-0.2, 0) is 4.79 Å². The number of aliphatic hydroxyl groups excluding tert-OH is 1. The molecule has 0 spiro atoms. The second-order valence-electron chi connectivity index (χ2n) is 5.89. The second-order valence-corrected chi connectivity index (χ2v) is 6.74. The highest BCUT2D eigenvalue weighted by Gasteiger charge is 2.34. The molecular weight excluding hydrogens is 346 g/mol. The van der Waals surface area contributed by atoms with Gasteiger partial charge in [-0.2, -0.15) is 0 Å². The SMILES string of the molecule is Cc1ncsc1-c1ccc([C@H](CO)N2CCCC2C(N)=O)cc1.Cl. The number of benzene rings is 1. The van der Waals surface area contributed by atoms with Gasteiger partial charge in [0.25, 0.3) is 0 Å². The Labute approximate surface area is 151 Å². The van der Waals surface area contributed by atoms with E-state index in [0.29, 0.717) is 0 Å². The van der Waals surface area contributed by atoms with Crippen molar-refractivity contribution in [1.29, 1.82) is 0 Å². The molecule has 1 aliphatic heterocycles. The number of amides is 1. The van der Waals surface area contributed by atoms with Crippen LogP contribution in [0.5, 0.6) is 0 Å². The maximum absolute atomic E-state index is 11.6. The number of carbonyl (C=O) groups excluding carboxylic acids is 1. The number of hydrogen-bond donors (Lipinski definition) is 2. The Kier molecular flexibility index (Phi) is 6.34. The molecule has 2 atom stereocenters. The summed E-state index contributed by atoms with van der Waals surface area (Å²) in [6.07, 6.45) is 1.70. The molecule has 2 heterocycles. The average molecular weight is 368 g/mol. The number of carbonyl (C=O) groups is 1. The summed E-state index contributed by atoms with van der Waals surface area (Å²) < 4.78 is 0. The Hall–Kier alpha value is -1.47. The molecule has 1 aromatic carbocycles. The molecule has 1 amide bonds. The first-order chi connectivity index (χ1) is 11.1. The van der Waals surface area contributed by atoms with E-state index in [4.69, 9.17) is 5.73 Å². The van der Waals surface area contributed by atoms with E-state index >= 15 is 0 Å². The summed E-state index contributed by atoms with van der Waals surface area (Å²) in [5.74, 6) is -0.308. The Bertz CT molecular complexity index is 689. The minimum atomic E-state index is -0.308. The summed E-state index contributed by atoms with van der Waals surface area (Å²) in [7, 11) is 0. The number of aromatic nitrogens is 1. The standard InChI is InChI=1S/C17H21N3O2S.ClH/c1-11-16(23-10-19-11)13-6-4-12(5-7-13)15(9-21)20-8-2-3-14(20)17(18)22;/h4-7,10,14-15,21H,2-3,8-9H2,1H3,(H2,18,22);1H/t14?,15-;/m0./s1. The lowest BCUT2D eigenvalue weighted by molar-refractivity contribution is -0.123. The normalized spacial score (nSPS) is 19.0. The van der Waals surface area contributed by atoms with E-state index < -0.39 is 0 Å². The van der Waals surface area contributed by atoms with Gasteiger partial charge in [0, 0.05) is 0 Å². The third-order valence-corrected chi connectivity index (χ3v) is 5.48. The highest BCUT2D eigenvalue weighted by Crippen LogP contribution is 2.32. The molecular formula is C17H22ClN3O2S. The summed E-state index contributed by atoms with van der Waals surface area (Å²) >= 11 is 1.62. The molecule has 1 fully saturated rings. The van der Waals surface area contributed by atoms with Crippen molar-refractivity contribution >= 4 is 29.7 Å². The minimum Gasteiger partial charge on any atom is -0.394 e. The topological polar surface area (TPSA) is 79.5 Å². The molecule has 0 bridgehead atoms. The molecule has 0 aliphatic carbocycles. The number of nitrogens with two attached hydrogens (primary N) is 1. The maximum atomic E-state index is 11.6. The number of halogens is 1. The quantitative estimate of drug-likeness (QED) is 0.851. The van der Waals surface area contributed by atoms with Crippen LogP contribution in [-0.4, -0.2) is 40.1 Å². The molecule has 2 aromatic rings. The molecule has 5 nitrogen and oxygen atoms in total. The van der Waals surface area contributed by atoms with Crippen LogP contribution in [0.15, 0.2) is 29.8 Å². The number of aliphatic hydroxyl groups is 1. The molecule has 130 valence electrons. The summed E-state index contributed by atoms with van der Waals surface area (Å²) in [5.41, 5.74) is 10.5. The first kappa shape index (κ1) is 18.9. The van der Waals surface area contributed by atoms with Gasteiger partial charge < -0.3 is 10.8 Å². The fraction of sp³-hybridized carbons (Fsp3) is 0.412. The van der Waals surface area contributed by atoms with Crippen molar-refractivity contribution in [2.75, 3.05) is 13.2 Å². The van der Waals surface area contributed by atoms with Crippen LogP contribution < -0.4 is 5.73 Å². The zero-order valence-electron chi connectivity index (χ0n) is 13.5. The first-order valence-corrected chi connectivity index (χ1v) is 8.66. The molecule has 24 heavy (non-hydrogen) atoms. The van der Waals surface area contributed by atoms with Gasteiger partial charge in [0.1, 0.15) is 0 Å². The monoisotopic (exact) mass is 367 g/mol. The van der Waals surface area contributed by atoms with Crippen molar-refractivity contribution in [3.8, 4) is 10.4 Å². The van der Waals surface area contributed by atoms with Crippen LogP contribution in [0.4, 0.5) is 0 Å². The van der Waals surface area contributed by atoms with Gasteiger partial charge in [-0.25, -0.2) is 4.98 Å². The van der Waals surface area contributed by atoms with Crippen molar-refractivity contribution in [3.63, 3.8) is 0 Å². The summed E-state index contributed by atoms with van der Waals surface area (Å²) in [5, 5.41) is 9.84. The van der Waals surface area contributed by atoms with Crippen molar-refractivity contribution in [1.82, 2.24) is 9.88 Å². The lowest BCUT2D eigenvalue weighted by Crippen LogP contribution is -2.43. The van der Waals surface area contributed by atoms with Gasteiger partial charge in [-0.1, -0.05) is 24.3 Å². The Morgan fingerprint density at radius 3 is 2.71 bits per heavy atom. The highest BCUT2D eigenvalue weighted by atomic mass is 35.5. The number of nitrogens with zero attached hydrogens (tertiary/aromatic N) is 2. The maximum Gasteiger partial charge on any atom is 0.234 e. The predicted molar refractivity (Wildman–Crippen MR) is 98.3 cm³/mol. The van der Waals surface area contributed by atoms with Crippen molar-refractivity contribution < 1.29 is 9.90 Å². The third kappa shape index (κ3) is 3.62. The molecule has 7 heteroatoms. The van der Waals surface area contributed by atoms with E-state index in [-0.39, 0.29) is 37.0 Å². The number of thiazole rings is 1. The zero-order chi connectivity index (χ0) is 16.4. The molecule has 3 N–H and O–H groups in total. The zero-order valence-corrected chi connectivity index (χ0v) is 15.1. The molecule has 1 saturated heterocycles. The lowest BCUT2D eigenvalue weighted by atomic mass is 10.0. The summed E-state index contributed by atoms with van der Waals surface area (Å²) in [6, 6.07) is 7.67. The van der Waals surface area contributed by atoms with Crippen LogP contribution in [0.1, 0.15) is 30.1 Å². The Morgan fingerprint density at radius 1 is 1.46 bits per heavy atom. The second kappa shape index (κ2) is 8.07. The van der Waals surface area contributed by atoms with Crippen molar-refractivity contribution in [2.24, 2.45) is 5.73 Å². The van der Waals surface area contributed by atoms with Gasteiger partial charge in [-0.05, 0) is 37.4 Å². The molecule has 0 saturated carbocycles.